The van der Waals surface area contributed by atoms with Gasteiger partial charge in [0.1, 0.15) is 11.4 Å². The summed E-state index contributed by atoms with van der Waals surface area (Å²) in [6.45, 7) is 2.29. The van der Waals surface area contributed by atoms with E-state index >= 15 is 0 Å². The molecule has 0 spiro atoms. The summed E-state index contributed by atoms with van der Waals surface area (Å²) in [5, 5.41) is 13.8. The largest absolute Gasteiger partial charge is 0.496 e. The third-order valence-corrected chi connectivity index (χ3v) is 4.95. The predicted octanol–water partition coefficient (Wildman–Crippen LogP) is 3.78. The average molecular weight is 384 g/mol. The SMILES string of the molecule is COc1ccc(NC(=O)[C@@H](C)N(C)Cc2ccc(Cl)s2)c([N+](=O)[O-])c1. The Labute approximate surface area is 154 Å². The fourth-order valence-corrected chi connectivity index (χ4v) is 3.30. The van der Waals surface area contributed by atoms with Gasteiger partial charge in [0.2, 0.25) is 5.91 Å². The number of nitro benzene ring substituents is 1. The number of carbonyl (C=O) groups is 1. The molecule has 1 aromatic heterocycles. The highest BCUT2D eigenvalue weighted by Gasteiger charge is 2.23. The van der Waals surface area contributed by atoms with Crippen LogP contribution in [0.4, 0.5) is 11.4 Å². The number of thiophene rings is 1. The summed E-state index contributed by atoms with van der Waals surface area (Å²) in [7, 11) is 3.23. The van der Waals surface area contributed by atoms with Crippen molar-refractivity contribution in [1.82, 2.24) is 4.90 Å². The summed E-state index contributed by atoms with van der Waals surface area (Å²) in [5.41, 5.74) is -0.0807. The van der Waals surface area contributed by atoms with Gasteiger partial charge in [-0.15, -0.1) is 11.3 Å². The van der Waals surface area contributed by atoms with Crippen molar-refractivity contribution in [3.05, 3.63) is 49.7 Å². The van der Waals surface area contributed by atoms with Crippen LogP contribution in [0.15, 0.2) is 30.3 Å². The molecule has 1 amide bonds. The number of rotatable bonds is 7. The van der Waals surface area contributed by atoms with Gasteiger partial charge in [0.25, 0.3) is 5.69 Å². The molecule has 7 nitrogen and oxygen atoms in total. The lowest BCUT2D eigenvalue weighted by Gasteiger charge is -2.23. The monoisotopic (exact) mass is 383 g/mol. The minimum atomic E-state index is -0.555. The van der Waals surface area contributed by atoms with Crippen LogP contribution in [0, 0.1) is 10.1 Å². The molecule has 0 aliphatic carbocycles. The lowest BCUT2D eigenvalue weighted by molar-refractivity contribution is -0.384. The first-order chi connectivity index (χ1) is 11.8. The highest BCUT2D eigenvalue weighted by atomic mass is 35.5. The van der Waals surface area contributed by atoms with Crippen LogP contribution in [0.25, 0.3) is 0 Å². The van der Waals surface area contributed by atoms with Crippen molar-refractivity contribution in [3.8, 4) is 5.75 Å². The molecule has 0 radical (unpaired) electrons. The molecular weight excluding hydrogens is 366 g/mol. The number of nitrogens with zero attached hydrogens (tertiary/aromatic N) is 2. The second-order valence-electron chi connectivity index (χ2n) is 5.43. The van der Waals surface area contributed by atoms with Crippen molar-refractivity contribution >= 4 is 40.2 Å². The van der Waals surface area contributed by atoms with Gasteiger partial charge in [-0.2, -0.15) is 0 Å². The van der Waals surface area contributed by atoms with Gasteiger partial charge in [-0.05, 0) is 38.2 Å². The van der Waals surface area contributed by atoms with Gasteiger partial charge < -0.3 is 10.1 Å². The third-order valence-electron chi connectivity index (χ3n) is 3.73. The first-order valence-corrected chi connectivity index (χ1v) is 8.59. The van der Waals surface area contributed by atoms with Crippen molar-refractivity contribution in [1.29, 1.82) is 0 Å². The van der Waals surface area contributed by atoms with Crippen LogP contribution < -0.4 is 10.1 Å². The molecule has 0 aliphatic heterocycles. The van der Waals surface area contributed by atoms with Crippen LogP contribution in [-0.4, -0.2) is 35.9 Å². The molecule has 2 aromatic rings. The Bertz CT molecular complexity index is 780. The van der Waals surface area contributed by atoms with Gasteiger partial charge in [0.05, 0.1) is 28.5 Å². The molecule has 1 atom stereocenters. The second kappa shape index (κ2) is 8.28. The summed E-state index contributed by atoms with van der Waals surface area (Å²) in [6.07, 6.45) is 0. The van der Waals surface area contributed by atoms with E-state index in [0.717, 1.165) is 4.88 Å². The zero-order valence-corrected chi connectivity index (χ0v) is 15.6. The van der Waals surface area contributed by atoms with Crippen molar-refractivity contribution < 1.29 is 14.5 Å². The Morgan fingerprint density at radius 2 is 2.16 bits per heavy atom. The minimum Gasteiger partial charge on any atom is -0.496 e. The molecule has 134 valence electrons. The number of halogens is 1. The number of anilines is 1. The van der Waals surface area contributed by atoms with Crippen molar-refractivity contribution in [2.24, 2.45) is 0 Å². The van der Waals surface area contributed by atoms with E-state index in [1.54, 1.807) is 26.1 Å². The number of likely N-dealkylation sites (N-methyl/N-ethyl adjacent to an activating group) is 1. The minimum absolute atomic E-state index is 0.134. The Morgan fingerprint density at radius 1 is 1.44 bits per heavy atom. The van der Waals surface area contributed by atoms with Gasteiger partial charge in [-0.1, -0.05) is 11.6 Å². The van der Waals surface area contributed by atoms with E-state index in [0.29, 0.717) is 16.6 Å². The highest BCUT2D eigenvalue weighted by Crippen LogP contribution is 2.29. The van der Waals surface area contributed by atoms with Gasteiger partial charge in [-0.3, -0.25) is 19.8 Å². The Hall–Kier alpha value is -2.16. The van der Waals surface area contributed by atoms with E-state index in [-0.39, 0.29) is 17.3 Å². The number of ether oxygens (including phenoxy) is 1. The summed E-state index contributed by atoms with van der Waals surface area (Å²) in [5.74, 6) is 0.0165. The molecule has 1 aromatic carbocycles. The number of methoxy groups -OCH3 is 1. The quantitative estimate of drug-likeness (QED) is 0.581. The maximum atomic E-state index is 12.4. The number of carbonyl (C=O) groups excluding carboxylic acids is 1. The smallest absolute Gasteiger partial charge is 0.296 e. The molecule has 1 N–H and O–H groups in total. The zero-order chi connectivity index (χ0) is 18.6. The fourth-order valence-electron chi connectivity index (χ4n) is 2.15. The first-order valence-electron chi connectivity index (χ1n) is 7.39. The molecule has 1 heterocycles. The number of hydrogen-bond donors (Lipinski definition) is 1. The lowest BCUT2D eigenvalue weighted by atomic mass is 10.2. The highest BCUT2D eigenvalue weighted by molar-refractivity contribution is 7.16. The van der Waals surface area contributed by atoms with Crippen LogP contribution in [-0.2, 0) is 11.3 Å². The van der Waals surface area contributed by atoms with Gasteiger partial charge in [-0.25, -0.2) is 0 Å². The van der Waals surface area contributed by atoms with Crippen LogP contribution in [0.3, 0.4) is 0 Å². The topological polar surface area (TPSA) is 84.7 Å². The van der Waals surface area contributed by atoms with Crippen molar-refractivity contribution in [2.45, 2.75) is 19.5 Å². The maximum absolute atomic E-state index is 12.4. The van der Waals surface area contributed by atoms with E-state index in [1.807, 2.05) is 11.0 Å². The lowest BCUT2D eigenvalue weighted by Crippen LogP contribution is -2.39. The molecule has 0 saturated carbocycles. The molecule has 25 heavy (non-hydrogen) atoms. The average Bonchev–Trinajstić information content (AvgIpc) is 2.98. The van der Waals surface area contributed by atoms with Crippen LogP contribution in [0.5, 0.6) is 5.75 Å². The maximum Gasteiger partial charge on any atom is 0.296 e. The standard InChI is InChI=1S/C16H18ClN3O4S/c1-10(19(2)9-12-5-7-15(17)25-12)16(21)18-13-6-4-11(24-3)8-14(13)20(22)23/h4-8,10H,9H2,1-3H3,(H,18,21)/t10-/m1/s1. The number of nitrogens with one attached hydrogen (secondary N) is 1. The summed E-state index contributed by atoms with van der Waals surface area (Å²) >= 11 is 7.36. The zero-order valence-electron chi connectivity index (χ0n) is 14.0. The molecule has 0 aliphatic rings. The second-order valence-corrected chi connectivity index (χ2v) is 7.23. The molecule has 0 unspecified atom stereocenters. The Morgan fingerprint density at radius 3 is 2.72 bits per heavy atom. The predicted molar refractivity (Wildman–Crippen MR) is 98.5 cm³/mol. The van der Waals surface area contributed by atoms with E-state index < -0.39 is 11.0 Å². The Kier molecular flexibility index (Phi) is 6.35. The number of nitro groups is 1. The summed E-state index contributed by atoms with van der Waals surface area (Å²) in [4.78, 5) is 26.0. The van der Waals surface area contributed by atoms with E-state index in [1.165, 1.54) is 30.6 Å². The molecule has 2 rings (SSSR count). The van der Waals surface area contributed by atoms with Crippen LogP contribution in [0.2, 0.25) is 4.34 Å². The number of amides is 1. The molecule has 0 bridgehead atoms. The Balaban J connectivity index is 2.09. The van der Waals surface area contributed by atoms with Crippen molar-refractivity contribution in [2.75, 3.05) is 19.5 Å². The summed E-state index contributed by atoms with van der Waals surface area (Å²) in [6, 6.07) is 7.52. The molecule has 9 heteroatoms. The van der Waals surface area contributed by atoms with E-state index in [4.69, 9.17) is 16.3 Å². The number of benzene rings is 1. The first kappa shape index (κ1) is 19.2. The van der Waals surface area contributed by atoms with E-state index in [9.17, 15) is 14.9 Å². The summed E-state index contributed by atoms with van der Waals surface area (Å²) < 4.78 is 5.67. The van der Waals surface area contributed by atoms with Gasteiger partial charge in [0.15, 0.2) is 0 Å². The van der Waals surface area contributed by atoms with E-state index in [2.05, 4.69) is 5.32 Å². The number of hydrogen-bond acceptors (Lipinski definition) is 6. The van der Waals surface area contributed by atoms with Crippen molar-refractivity contribution in [3.63, 3.8) is 0 Å². The normalized spacial score (nSPS) is 12.0. The van der Waals surface area contributed by atoms with Gasteiger partial charge >= 0.3 is 0 Å². The van der Waals surface area contributed by atoms with Crippen LogP contribution in [0.1, 0.15) is 11.8 Å². The molecule has 0 saturated heterocycles. The van der Waals surface area contributed by atoms with Gasteiger partial charge in [0, 0.05) is 11.4 Å². The molecule has 0 fully saturated rings. The third kappa shape index (κ3) is 4.91. The molecular formula is C16H18ClN3O4S. The van der Waals surface area contributed by atoms with Crippen LogP contribution >= 0.6 is 22.9 Å². The fraction of sp³-hybridized carbons (Fsp3) is 0.312.